The molecule has 0 heterocycles. The summed E-state index contributed by atoms with van der Waals surface area (Å²) in [4.78, 5) is 11.6. The molecule has 0 fully saturated rings. The van der Waals surface area contributed by atoms with Gasteiger partial charge in [-0.2, -0.15) is 0 Å². The summed E-state index contributed by atoms with van der Waals surface area (Å²) in [7, 11) is 0. The smallest absolute Gasteiger partial charge is 0.209 e. The molecule has 0 aromatic rings. The lowest BCUT2D eigenvalue weighted by Crippen LogP contribution is -2.19. The number of halogens is 2. The number of hydrogen-bond acceptors (Lipinski definition) is 1. The molecule has 0 saturated heterocycles. The number of carbonyl (C=O) groups excluding carboxylic acids is 1. The van der Waals surface area contributed by atoms with E-state index in [2.05, 4.69) is 0 Å². The van der Waals surface area contributed by atoms with E-state index in [4.69, 9.17) is 0 Å². The van der Waals surface area contributed by atoms with E-state index in [9.17, 15) is 4.79 Å². The minimum Gasteiger partial charge on any atom is -0.346 e. The topological polar surface area (TPSA) is 20.3 Å². The first-order chi connectivity index (χ1) is 3.35. The van der Waals surface area contributed by atoms with Crippen molar-refractivity contribution < 1.29 is 4.79 Å². The van der Waals surface area contributed by atoms with Crippen LogP contribution in [-0.2, 0) is 4.79 Å². The number of amides is 1. The fourth-order valence-electron chi connectivity index (χ4n) is 0.373. The molecule has 0 radical (unpaired) electrons. The van der Waals surface area contributed by atoms with Gasteiger partial charge in [0.15, 0.2) is 0 Å². The molecule has 0 N–H and O–H groups in total. The second-order valence-electron chi connectivity index (χ2n) is 1.33. The predicted octanol–water partition coefficient (Wildman–Crippen LogP) is 1.33. The van der Waals surface area contributed by atoms with Crippen molar-refractivity contribution in [3.63, 3.8) is 0 Å². The summed E-state index contributed by atoms with van der Waals surface area (Å²) in [6, 6.07) is 0. The van der Waals surface area contributed by atoms with E-state index in [0.29, 0.717) is 0 Å². The van der Waals surface area contributed by atoms with E-state index in [1.165, 1.54) is 0 Å². The molecule has 0 spiro atoms. The standard InChI is InChI=1S/C5H11NO.2ClH/c1-3-6(4-2)5-7;;/h5H,3-4H2,1-2H3;2*1H. The molecule has 58 valence electrons. The Bertz CT molecular complexity index is 56.9. The fraction of sp³-hybridized carbons (Fsp3) is 0.800. The molecule has 0 rings (SSSR count). The van der Waals surface area contributed by atoms with Gasteiger partial charge in [-0.1, -0.05) is 0 Å². The highest BCUT2D eigenvalue weighted by Gasteiger charge is 1.87. The van der Waals surface area contributed by atoms with Gasteiger partial charge in [0.25, 0.3) is 0 Å². The van der Waals surface area contributed by atoms with Gasteiger partial charge < -0.3 is 4.90 Å². The highest BCUT2D eigenvalue weighted by molar-refractivity contribution is 5.85. The van der Waals surface area contributed by atoms with Gasteiger partial charge in [-0.3, -0.25) is 4.79 Å². The van der Waals surface area contributed by atoms with Crippen LogP contribution in [-0.4, -0.2) is 24.4 Å². The zero-order valence-corrected chi connectivity index (χ0v) is 7.30. The van der Waals surface area contributed by atoms with Crippen LogP contribution in [0.2, 0.25) is 0 Å². The van der Waals surface area contributed by atoms with Gasteiger partial charge in [0.05, 0.1) is 0 Å². The Labute approximate surface area is 68.4 Å². The number of rotatable bonds is 3. The van der Waals surface area contributed by atoms with E-state index >= 15 is 0 Å². The molecule has 0 bridgehead atoms. The average molecular weight is 174 g/mol. The summed E-state index contributed by atoms with van der Waals surface area (Å²) in [5.41, 5.74) is 0. The van der Waals surface area contributed by atoms with Crippen LogP contribution in [0, 0.1) is 0 Å². The molecule has 0 unspecified atom stereocenters. The molecule has 9 heavy (non-hydrogen) atoms. The van der Waals surface area contributed by atoms with E-state index in [-0.39, 0.29) is 24.8 Å². The van der Waals surface area contributed by atoms with Gasteiger partial charge >= 0.3 is 0 Å². The van der Waals surface area contributed by atoms with E-state index in [0.717, 1.165) is 19.5 Å². The van der Waals surface area contributed by atoms with Crippen LogP contribution < -0.4 is 0 Å². The fourth-order valence-corrected chi connectivity index (χ4v) is 0.373. The van der Waals surface area contributed by atoms with Gasteiger partial charge in [0.1, 0.15) is 0 Å². The summed E-state index contributed by atoms with van der Waals surface area (Å²) in [6.45, 7) is 5.55. The summed E-state index contributed by atoms with van der Waals surface area (Å²) < 4.78 is 0. The highest BCUT2D eigenvalue weighted by atomic mass is 35.5. The Hall–Kier alpha value is 0.0500. The van der Waals surface area contributed by atoms with Crippen molar-refractivity contribution in [2.75, 3.05) is 13.1 Å². The molecule has 2 nitrogen and oxygen atoms in total. The first-order valence-corrected chi connectivity index (χ1v) is 2.54. The lowest BCUT2D eigenvalue weighted by Gasteiger charge is -2.08. The lowest BCUT2D eigenvalue weighted by atomic mass is 10.6. The minimum atomic E-state index is 0. The monoisotopic (exact) mass is 173 g/mol. The van der Waals surface area contributed by atoms with Crippen LogP contribution in [0.1, 0.15) is 13.8 Å². The maximum atomic E-state index is 9.89. The quantitative estimate of drug-likeness (QED) is 0.591. The Morgan fingerprint density at radius 2 is 1.56 bits per heavy atom. The lowest BCUT2D eigenvalue weighted by molar-refractivity contribution is -0.117. The third-order valence-electron chi connectivity index (χ3n) is 0.961. The van der Waals surface area contributed by atoms with Crippen LogP contribution in [0.15, 0.2) is 0 Å². The van der Waals surface area contributed by atoms with Crippen LogP contribution in [0.5, 0.6) is 0 Å². The first-order valence-electron chi connectivity index (χ1n) is 2.54. The van der Waals surface area contributed by atoms with E-state index < -0.39 is 0 Å². The van der Waals surface area contributed by atoms with Crippen LogP contribution in [0.3, 0.4) is 0 Å². The molecular formula is C5H13Cl2NO. The number of nitrogens with zero attached hydrogens (tertiary/aromatic N) is 1. The summed E-state index contributed by atoms with van der Waals surface area (Å²) in [5.74, 6) is 0. The van der Waals surface area contributed by atoms with Crippen molar-refractivity contribution in [2.45, 2.75) is 13.8 Å². The molecule has 0 aliphatic heterocycles. The van der Waals surface area contributed by atoms with Crippen LogP contribution >= 0.6 is 24.8 Å². The first kappa shape index (κ1) is 16.0. The number of hydrogen-bond donors (Lipinski definition) is 0. The van der Waals surface area contributed by atoms with Gasteiger partial charge in [-0.25, -0.2) is 0 Å². The Kier molecular flexibility index (Phi) is 19.5. The van der Waals surface area contributed by atoms with E-state index in [1.54, 1.807) is 4.90 Å². The average Bonchev–Trinajstić information content (AvgIpc) is 1.72. The maximum absolute atomic E-state index is 9.89. The minimum absolute atomic E-state index is 0. The van der Waals surface area contributed by atoms with Crippen molar-refractivity contribution in [2.24, 2.45) is 0 Å². The second kappa shape index (κ2) is 10.9. The van der Waals surface area contributed by atoms with Crippen molar-refractivity contribution in [1.82, 2.24) is 4.90 Å². The maximum Gasteiger partial charge on any atom is 0.209 e. The molecule has 0 atom stereocenters. The SMILES string of the molecule is CCN(C=O)CC.Cl.Cl. The Morgan fingerprint density at radius 1 is 1.22 bits per heavy atom. The number of carbonyl (C=O) groups is 1. The predicted molar refractivity (Wildman–Crippen MR) is 43.5 cm³/mol. The zero-order valence-electron chi connectivity index (χ0n) is 5.66. The second-order valence-corrected chi connectivity index (χ2v) is 1.33. The Morgan fingerprint density at radius 3 is 1.56 bits per heavy atom. The molecule has 0 aromatic heterocycles. The summed E-state index contributed by atoms with van der Waals surface area (Å²) in [6.07, 6.45) is 0.861. The molecule has 0 aromatic carbocycles. The third-order valence-corrected chi connectivity index (χ3v) is 0.961. The summed E-state index contributed by atoms with van der Waals surface area (Å²) in [5, 5.41) is 0. The van der Waals surface area contributed by atoms with Gasteiger partial charge in [-0.05, 0) is 13.8 Å². The van der Waals surface area contributed by atoms with Crippen molar-refractivity contribution in [1.29, 1.82) is 0 Å². The van der Waals surface area contributed by atoms with E-state index in [1.807, 2.05) is 13.8 Å². The molecule has 0 saturated carbocycles. The molecule has 4 heteroatoms. The third kappa shape index (κ3) is 8.05. The highest BCUT2D eigenvalue weighted by Crippen LogP contribution is 1.75. The molecule has 0 aliphatic carbocycles. The molecule has 0 aliphatic rings. The molecule has 1 amide bonds. The van der Waals surface area contributed by atoms with Crippen molar-refractivity contribution in [3.05, 3.63) is 0 Å². The van der Waals surface area contributed by atoms with Crippen molar-refractivity contribution >= 4 is 31.2 Å². The summed E-state index contributed by atoms with van der Waals surface area (Å²) >= 11 is 0. The van der Waals surface area contributed by atoms with Gasteiger partial charge in [0.2, 0.25) is 6.41 Å². The molecular weight excluding hydrogens is 161 g/mol. The van der Waals surface area contributed by atoms with Gasteiger partial charge in [-0.15, -0.1) is 24.8 Å². The largest absolute Gasteiger partial charge is 0.346 e. The van der Waals surface area contributed by atoms with Gasteiger partial charge in [0, 0.05) is 13.1 Å². The Balaban J connectivity index is -0.000000180. The van der Waals surface area contributed by atoms with Crippen LogP contribution in [0.25, 0.3) is 0 Å². The zero-order chi connectivity index (χ0) is 5.70. The normalized spacial score (nSPS) is 6.44. The van der Waals surface area contributed by atoms with Crippen molar-refractivity contribution in [3.8, 4) is 0 Å². The van der Waals surface area contributed by atoms with Crippen LogP contribution in [0.4, 0.5) is 0 Å².